The Kier molecular flexibility index (Phi) is 3.20. The van der Waals surface area contributed by atoms with Crippen LogP contribution < -0.4 is 0 Å². The van der Waals surface area contributed by atoms with Crippen molar-refractivity contribution < 1.29 is 14.3 Å². The van der Waals surface area contributed by atoms with E-state index >= 15 is 0 Å². The van der Waals surface area contributed by atoms with E-state index in [4.69, 9.17) is 9.47 Å². The Morgan fingerprint density at radius 3 is 2.65 bits per heavy atom. The number of rotatable bonds is 3. The van der Waals surface area contributed by atoms with Crippen LogP contribution in [0.1, 0.15) is 23.1 Å². The van der Waals surface area contributed by atoms with E-state index in [9.17, 15) is 4.79 Å². The molecular formula is C14H18O3. The number of carbonyl (C=O) groups excluding carboxylic acids is 1. The molecule has 0 spiro atoms. The summed E-state index contributed by atoms with van der Waals surface area (Å²) in [6.45, 7) is 5.35. The van der Waals surface area contributed by atoms with Gasteiger partial charge in [-0.1, -0.05) is 23.8 Å². The van der Waals surface area contributed by atoms with Gasteiger partial charge in [0.2, 0.25) is 0 Å². The summed E-state index contributed by atoms with van der Waals surface area (Å²) >= 11 is 0. The van der Waals surface area contributed by atoms with Crippen LogP contribution in [0, 0.1) is 13.8 Å². The third-order valence-electron chi connectivity index (χ3n) is 3.43. The number of ether oxygens (including phenoxy) is 2. The van der Waals surface area contributed by atoms with Gasteiger partial charge in [-0.15, -0.1) is 0 Å². The van der Waals surface area contributed by atoms with Crippen LogP contribution in [0.3, 0.4) is 0 Å². The Balaban J connectivity index is 2.34. The van der Waals surface area contributed by atoms with E-state index in [1.165, 1.54) is 23.8 Å². The predicted octanol–water partition coefficient (Wildman–Crippen LogP) is 2.13. The van der Waals surface area contributed by atoms with Crippen LogP contribution in [-0.2, 0) is 19.7 Å². The molecule has 0 unspecified atom stereocenters. The van der Waals surface area contributed by atoms with Gasteiger partial charge in [0.25, 0.3) is 0 Å². The Labute approximate surface area is 102 Å². The van der Waals surface area contributed by atoms with Crippen LogP contribution in [-0.4, -0.2) is 26.3 Å². The zero-order valence-corrected chi connectivity index (χ0v) is 10.6. The van der Waals surface area contributed by atoms with Crippen LogP contribution >= 0.6 is 0 Å². The van der Waals surface area contributed by atoms with Crippen LogP contribution in [0.5, 0.6) is 0 Å². The molecule has 0 aliphatic carbocycles. The van der Waals surface area contributed by atoms with E-state index in [1.54, 1.807) is 0 Å². The molecule has 92 valence electrons. The summed E-state index contributed by atoms with van der Waals surface area (Å²) in [5.41, 5.74) is 3.46. The first kappa shape index (κ1) is 12.1. The highest BCUT2D eigenvalue weighted by Gasteiger charge is 2.43. The monoisotopic (exact) mass is 234 g/mol. The lowest BCUT2D eigenvalue weighted by atomic mass is 9.73. The van der Waals surface area contributed by atoms with Gasteiger partial charge < -0.3 is 9.47 Å². The highest BCUT2D eigenvalue weighted by atomic mass is 16.5. The van der Waals surface area contributed by atoms with Gasteiger partial charge in [-0.05, 0) is 25.0 Å². The van der Waals surface area contributed by atoms with Crippen molar-refractivity contribution >= 4 is 5.97 Å². The summed E-state index contributed by atoms with van der Waals surface area (Å²) in [5, 5.41) is 0. The standard InChI is InChI=1S/C14H18O3/c1-10-4-5-11(2)12(6-10)14(8-17-9-14)7-13(15)16-3/h4-6H,7-9H2,1-3H3. The molecule has 1 aliphatic heterocycles. The summed E-state index contributed by atoms with van der Waals surface area (Å²) in [6, 6.07) is 6.34. The van der Waals surface area contributed by atoms with Gasteiger partial charge in [-0.25, -0.2) is 0 Å². The molecule has 0 amide bonds. The van der Waals surface area contributed by atoms with Gasteiger partial charge in [0.15, 0.2) is 0 Å². The Bertz CT molecular complexity index is 433. The number of benzene rings is 1. The van der Waals surface area contributed by atoms with E-state index in [2.05, 4.69) is 32.0 Å². The van der Waals surface area contributed by atoms with Crippen molar-refractivity contribution in [2.24, 2.45) is 0 Å². The van der Waals surface area contributed by atoms with Gasteiger partial charge in [0.05, 0.1) is 32.2 Å². The summed E-state index contributed by atoms with van der Waals surface area (Å²) in [4.78, 5) is 11.5. The molecule has 0 saturated carbocycles. The summed E-state index contributed by atoms with van der Waals surface area (Å²) in [6.07, 6.45) is 0.397. The lowest BCUT2D eigenvalue weighted by Gasteiger charge is -2.42. The Morgan fingerprint density at radius 2 is 2.12 bits per heavy atom. The second kappa shape index (κ2) is 4.49. The van der Waals surface area contributed by atoms with E-state index in [0.717, 1.165) is 0 Å². The molecule has 0 radical (unpaired) electrons. The molecule has 3 heteroatoms. The molecule has 0 N–H and O–H groups in total. The zero-order valence-electron chi connectivity index (χ0n) is 10.6. The van der Waals surface area contributed by atoms with E-state index in [0.29, 0.717) is 19.6 Å². The average Bonchev–Trinajstić information content (AvgIpc) is 2.27. The van der Waals surface area contributed by atoms with Crippen LogP contribution in [0.15, 0.2) is 18.2 Å². The molecule has 0 bridgehead atoms. The minimum atomic E-state index is -0.177. The average molecular weight is 234 g/mol. The molecule has 0 aromatic heterocycles. The largest absolute Gasteiger partial charge is 0.469 e. The van der Waals surface area contributed by atoms with Gasteiger partial charge in [0.1, 0.15) is 0 Å². The first-order chi connectivity index (χ1) is 8.07. The minimum Gasteiger partial charge on any atom is -0.469 e. The zero-order chi connectivity index (χ0) is 12.5. The highest BCUT2D eigenvalue weighted by molar-refractivity contribution is 5.72. The van der Waals surface area contributed by atoms with Crippen LogP contribution in [0.4, 0.5) is 0 Å². The number of carbonyl (C=O) groups is 1. The Morgan fingerprint density at radius 1 is 1.41 bits per heavy atom. The van der Waals surface area contributed by atoms with Gasteiger partial charge in [-0.3, -0.25) is 4.79 Å². The number of hydrogen-bond donors (Lipinski definition) is 0. The quantitative estimate of drug-likeness (QED) is 0.752. The topological polar surface area (TPSA) is 35.5 Å². The fourth-order valence-electron chi connectivity index (χ4n) is 2.36. The lowest BCUT2D eigenvalue weighted by molar-refractivity contribution is -0.148. The maximum atomic E-state index is 11.5. The first-order valence-electron chi connectivity index (χ1n) is 5.80. The number of esters is 1. The summed E-state index contributed by atoms with van der Waals surface area (Å²) in [5.74, 6) is -0.172. The maximum Gasteiger partial charge on any atom is 0.306 e. The van der Waals surface area contributed by atoms with Crippen LogP contribution in [0.2, 0.25) is 0 Å². The van der Waals surface area contributed by atoms with Crippen molar-refractivity contribution in [3.05, 3.63) is 34.9 Å². The number of hydrogen-bond acceptors (Lipinski definition) is 3. The summed E-state index contributed by atoms with van der Waals surface area (Å²) in [7, 11) is 1.43. The van der Waals surface area contributed by atoms with E-state index in [1.807, 2.05) is 0 Å². The first-order valence-corrected chi connectivity index (χ1v) is 5.80. The van der Waals surface area contributed by atoms with Gasteiger partial charge in [-0.2, -0.15) is 0 Å². The van der Waals surface area contributed by atoms with Gasteiger partial charge >= 0.3 is 5.97 Å². The van der Waals surface area contributed by atoms with Crippen molar-refractivity contribution in [2.45, 2.75) is 25.7 Å². The molecule has 3 nitrogen and oxygen atoms in total. The summed E-state index contributed by atoms with van der Waals surface area (Å²) < 4.78 is 10.1. The molecule has 17 heavy (non-hydrogen) atoms. The molecule has 1 aromatic rings. The maximum absolute atomic E-state index is 11.5. The van der Waals surface area contributed by atoms with Crippen molar-refractivity contribution in [1.82, 2.24) is 0 Å². The molecule has 1 heterocycles. The van der Waals surface area contributed by atoms with E-state index < -0.39 is 0 Å². The second-order valence-electron chi connectivity index (χ2n) is 4.84. The fourth-order valence-corrected chi connectivity index (χ4v) is 2.36. The number of methoxy groups -OCH3 is 1. The number of aryl methyl sites for hydroxylation is 2. The Hall–Kier alpha value is -1.35. The molecule has 1 aromatic carbocycles. The van der Waals surface area contributed by atoms with Crippen molar-refractivity contribution in [3.63, 3.8) is 0 Å². The minimum absolute atomic E-state index is 0.172. The molecule has 1 saturated heterocycles. The van der Waals surface area contributed by atoms with E-state index in [-0.39, 0.29) is 11.4 Å². The SMILES string of the molecule is COC(=O)CC1(c2cc(C)ccc2C)COC1. The normalized spacial score (nSPS) is 17.4. The van der Waals surface area contributed by atoms with Crippen LogP contribution in [0.25, 0.3) is 0 Å². The smallest absolute Gasteiger partial charge is 0.306 e. The van der Waals surface area contributed by atoms with Gasteiger partial charge in [0, 0.05) is 0 Å². The highest BCUT2D eigenvalue weighted by Crippen LogP contribution is 2.38. The van der Waals surface area contributed by atoms with Crippen molar-refractivity contribution in [1.29, 1.82) is 0 Å². The predicted molar refractivity (Wildman–Crippen MR) is 65.0 cm³/mol. The molecular weight excluding hydrogens is 216 g/mol. The molecule has 1 fully saturated rings. The third-order valence-corrected chi connectivity index (χ3v) is 3.43. The molecule has 2 rings (SSSR count). The molecule has 0 atom stereocenters. The lowest BCUT2D eigenvalue weighted by Crippen LogP contribution is -2.48. The molecule has 1 aliphatic rings. The van der Waals surface area contributed by atoms with Crippen molar-refractivity contribution in [2.75, 3.05) is 20.3 Å². The van der Waals surface area contributed by atoms with Crippen molar-refractivity contribution in [3.8, 4) is 0 Å². The third kappa shape index (κ3) is 2.20. The second-order valence-corrected chi connectivity index (χ2v) is 4.84. The fraction of sp³-hybridized carbons (Fsp3) is 0.500.